The highest BCUT2D eigenvalue weighted by atomic mass is 32.2. The van der Waals surface area contributed by atoms with Crippen molar-refractivity contribution in [1.29, 1.82) is 0 Å². The van der Waals surface area contributed by atoms with E-state index in [2.05, 4.69) is 15.8 Å². The Labute approximate surface area is 119 Å². The van der Waals surface area contributed by atoms with Crippen molar-refractivity contribution in [1.82, 2.24) is 10.5 Å². The van der Waals surface area contributed by atoms with Crippen LogP contribution < -0.4 is 10.6 Å². The Morgan fingerprint density at radius 1 is 1.60 bits per heavy atom. The van der Waals surface area contributed by atoms with Gasteiger partial charge in [0, 0.05) is 6.07 Å². The number of nitrogens with one attached hydrogen (secondary N) is 2. The van der Waals surface area contributed by atoms with E-state index in [1.54, 1.807) is 19.2 Å². The third-order valence-corrected chi connectivity index (χ3v) is 3.29. The number of carboxylic acids is 1. The minimum absolute atomic E-state index is 0.305. The number of amides is 1. The quantitative estimate of drug-likeness (QED) is 0.569. The van der Waals surface area contributed by atoms with Crippen LogP contribution in [0.5, 0.6) is 0 Å². The smallest absolute Gasteiger partial charge is 0.322 e. The first-order chi connectivity index (χ1) is 9.47. The molecule has 0 bridgehead atoms. The highest BCUT2D eigenvalue weighted by Crippen LogP contribution is 2.15. The van der Waals surface area contributed by atoms with E-state index in [0.717, 1.165) is 0 Å². The minimum Gasteiger partial charge on any atom is -0.480 e. The van der Waals surface area contributed by atoms with E-state index in [9.17, 15) is 14.4 Å². The average molecular weight is 301 g/mol. The van der Waals surface area contributed by atoms with Crippen LogP contribution in [0, 0.1) is 6.92 Å². The summed E-state index contributed by atoms with van der Waals surface area (Å²) in [6.45, 7) is 1.16. The molecule has 1 amide bonds. The van der Waals surface area contributed by atoms with Gasteiger partial charge in [-0.25, -0.2) is 0 Å². The molecule has 9 heteroatoms. The summed E-state index contributed by atoms with van der Waals surface area (Å²) in [6, 6.07) is 0.631. The summed E-state index contributed by atoms with van der Waals surface area (Å²) < 4.78 is 4.86. The van der Waals surface area contributed by atoms with E-state index in [0.29, 0.717) is 17.9 Å². The maximum atomic E-state index is 12.0. The summed E-state index contributed by atoms with van der Waals surface area (Å²) in [5, 5.41) is 16.5. The zero-order valence-electron chi connectivity index (χ0n) is 11.0. The summed E-state index contributed by atoms with van der Waals surface area (Å²) in [6.07, 6.45) is 2.29. The standard InChI is InChI=1S/C11H15N3O5S/c1-6-3-8(14-19-6)13-10(7(5-15)20-2)11(18)12-4-9(16)17/h3,5,7,10H,4H2,1-2H3,(H,12,18)(H,13,14)(H,16,17)/t7?,10-/m0/s1. The van der Waals surface area contributed by atoms with Gasteiger partial charge in [0.2, 0.25) is 5.91 Å². The van der Waals surface area contributed by atoms with Gasteiger partial charge in [0.05, 0.1) is 5.25 Å². The van der Waals surface area contributed by atoms with Gasteiger partial charge in [0.25, 0.3) is 0 Å². The van der Waals surface area contributed by atoms with Crippen LogP contribution in [0.4, 0.5) is 5.82 Å². The first-order valence-electron chi connectivity index (χ1n) is 5.65. The lowest BCUT2D eigenvalue weighted by Crippen LogP contribution is -2.48. The van der Waals surface area contributed by atoms with E-state index < -0.39 is 29.7 Å². The fraction of sp³-hybridized carbons (Fsp3) is 0.455. The molecule has 1 rings (SSSR count). The van der Waals surface area contributed by atoms with Crippen molar-refractivity contribution in [3.63, 3.8) is 0 Å². The Balaban J connectivity index is 2.81. The number of aromatic nitrogens is 1. The second-order valence-electron chi connectivity index (χ2n) is 3.89. The molecule has 0 aliphatic rings. The van der Waals surface area contributed by atoms with Gasteiger partial charge in [-0.15, -0.1) is 0 Å². The predicted molar refractivity (Wildman–Crippen MR) is 72.7 cm³/mol. The summed E-state index contributed by atoms with van der Waals surface area (Å²) in [5.74, 6) is -0.913. The minimum atomic E-state index is -1.17. The van der Waals surface area contributed by atoms with Gasteiger partial charge in [-0.1, -0.05) is 5.16 Å². The van der Waals surface area contributed by atoms with Gasteiger partial charge < -0.3 is 25.1 Å². The van der Waals surface area contributed by atoms with Gasteiger partial charge in [-0.2, -0.15) is 11.8 Å². The molecule has 0 aliphatic heterocycles. The molecule has 0 saturated carbocycles. The van der Waals surface area contributed by atoms with E-state index in [4.69, 9.17) is 9.63 Å². The molecule has 110 valence electrons. The Morgan fingerprint density at radius 2 is 2.30 bits per heavy atom. The maximum absolute atomic E-state index is 12.0. The van der Waals surface area contributed by atoms with Crippen molar-refractivity contribution < 1.29 is 24.0 Å². The predicted octanol–water partition coefficient (Wildman–Crippen LogP) is -0.105. The molecule has 1 aromatic heterocycles. The number of aldehydes is 1. The summed E-state index contributed by atoms with van der Waals surface area (Å²) in [5.41, 5.74) is 0. The largest absolute Gasteiger partial charge is 0.480 e. The zero-order valence-corrected chi connectivity index (χ0v) is 11.8. The number of carbonyl (C=O) groups is 3. The zero-order chi connectivity index (χ0) is 15.1. The molecule has 0 aromatic carbocycles. The molecule has 0 radical (unpaired) electrons. The van der Waals surface area contributed by atoms with Crippen molar-refractivity contribution in [2.24, 2.45) is 0 Å². The summed E-state index contributed by atoms with van der Waals surface area (Å²) >= 11 is 1.17. The number of carbonyl (C=O) groups excluding carboxylic acids is 2. The molecule has 0 aliphatic carbocycles. The maximum Gasteiger partial charge on any atom is 0.322 e. The molecule has 0 spiro atoms. The van der Waals surface area contributed by atoms with Gasteiger partial charge in [-0.05, 0) is 13.2 Å². The van der Waals surface area contributed by atoms with Crippen molar-refractivity contribution in [2.75, 3.05) is 18.1 Å². The number of anilines is 1. The number of carboxylic acid groups (broad SMARTS) is 1. The highest BCUT2D eigenvalue weighted by Gasteiger charge is 2.28. The molecule has 0 saturated heterocycles. The lowest BCUT2D eigenvalue weighted by molar-refractivity contribution is -0.138. The number of nitrogens with zero attached hydrogens (tertiary/aromatic N) is 1. The van der Waals surface area contributed by atoms with Crippen molar-refractivity contribution in [2.45, 2.75) is 18.2 Å². The van der Waals surface area contributed by atoms with Crippen LogP contribution in [0.15, 0.2) is 10.6 Å². The normalized spacial score (nSPS) is 13.3. The first kappa shape index (κ1) is 16.0. The Kier molecular flexibility index (Phi) is 6.04. The number of rotatable bonds is 8. The Morgan fingerprint density at radius 3 is 2.75 bits per heavy atom. The van der Waals surface area contributed by atoms with Crippen LogP contribution in [0.2, 0.25) is 0 Å². The topological polar surface area (TPSA) is 122 Å². The monoisotopic (exact) mass is 301 g/mol. The Hall–Kier alpha value is -2.03. The fourth-order valence-corrected chi connectivity index (χ4v) is 2.01. The number of aryl methyl sites for hydroxylation is 1. The second kappa shape index (κ2) is 7.53. The van der Waals surface area contributed by atoms with E-state index in [-0.39, 0.29) is 0 Å². The van der Waals surface area contributed by atoms with Gasteiger partial charge in [0.1, 0.15) is 24.6 Å². The van der Waals surface area contributed by atoms with Crippen molar-refractivity contribution >= 4 is 35.7 Å². The second-order valence-corrected chi connectivity index (χ2v) is 4.91. The highest BCUT2D eigenvalue weighted by molar-refractivity contribution is 7.99. The van der Waals surface area contributed by atoms with E-state index in [1.165, 1.54) is 11.8 Å². The number of aliphatic carboxylic acids is 1. The lowest BCUT2D eigenvalue weighted by atomic mass is 10.2. The van der Waals surface area contributed by atoms with Crippen LogP contribution in [0.3, 0.4) is 0 Å². The number of hydrogen-bond acceptors (Lipinski definition) is 7. The number of thioether (sulfide) groups is 1. The molecule has 8 nitrogen and oxygen atoms in total. The van der Waals surface area contributed by atoms with Gasteiger partial charge >= 0.3 is 5.97 Å². The molecular weight excluding hydrogens is 286 g/mol. The first-order valence-corrected chi connectivity index (χ1v) is 6.94. The number of hydrogen-bond donors (Lipinski definition) is 3. The molecule has 1 aromatic rings. The molecule has 20 heavy (non-hydrogen) atoms. The van der Waals surface area contributed by atoms with Crippen LogP contribution in [0.1, 0.15) is 5.76 Å². The molecule has 2 atom stereocenters. The molecule has 3 N–H and O–H groups in total. The van der Waals surface area contributed by atoms with Crippen LogP contribution in [-0.2, 0) is 14.4 Å². The fourth-order valence-electron chi connectivity index (χ4n) is 1.43. The SMILES string of the molecule is CSC(C=O)[C@H](Nc1cc(C)on1)C(=O)NCC(=O)O. The van der Waals surface area contributed by atoms with Gasteiger partial charge in [0.15, 0.2) is 5.82 Å². The summed E-state index contributed by atoms with van der Waals surface area (Å²) in [4.78, 5) is 33.4. The van der Waals surface area contributed by atoms with E-state index in [1.807, 2.05) is 0 Å². The lowest BCUT2D eigenvalue weighted by Gasteiger charge is -2.21. The average Bonchev–Trinajstić information content (AvgIpc) is 2.81. The Bertz CT molecular complexity index is 490. The summed E-state index contributed by atoms with van der Waals surface area (Å²) in [7, 11) is 0. The van der Waals surface area contributed by atoms with Crippen molar-refractivity contribution in [3.05, 3.63) is 11.8 Å². The van der Waals surface area contributed by atoms with Gasteiger partial charge in [-0.3, -0.25) is 9.59 Å². The molecular formula is C11H15N3O5S. The van der Waals surface area contributed by atoms with Crippen LogP contribution in [0.25, 0.3) is 0 Å². The van der Waals surface area contributed by atoms with Crippen LogP contribution >= 0.6 is 11.8 Å². The molecule has 1 heterocycles. The molecule has 1 unspecified atom stereocenters. The third kappa shape index (κ3) is 4.57. The van der Waals surface area contributed by atoms with Crippen LogP contribution in [-0.4, -0.2) is 52.5 Å². The molecule has 0 fully saturated rings. The third-order valence-electron chi connectivity index (χ3n) is 2.36. The van der Waals surface area contributed by atoms with E-state index >= 15 is 0 Å². The van der Waals surface area contributed by atoms with Crippen molar-refractivity contribution in [3.8, 4) is 0 Å².